The summed E-state index contributed by atoms with van der Waals surface area (Å²) in [6.07, 6.45) is 0. The molecule has 0 aliphatic rings. The Labute approximate surface area is 136 Å². The lowest BCUT2D eigenvalue weighted by Crippen LogP contribution is -2.30. The van der Waals surface area contributed by atoms with E-state index in [0.29, 0.717) is 12.5 Å². The zero-order valence-corrected chi connectivity index (χ0v) is 13.5. The van der Waals surface area contributed by atoms with Crippen LogP contribution in [0.5, 0.6) is 0 Å². The highest BCUT2D eigenvalue weighted by Crippen LogP contribution is 2.24. The molecule has 0 fully saturated rings. The minimum atomic E-state index is 0.0130. The van der Waals surface area contributed by atoms with Gasteiger partial charge in [-0.15, -0.1) is 0 Å². The molecule has 0 atom stereocenters. The first-order chi connectivity index (χ1) is 11.1. The number of carbonyl (C=O) groups excluding carboxylic acids is 1. The van der Waals surface area contributed by atoms with E-state index in [1.165, 1.54) is 0 Å². The molecule has 23 heavy (non-hydrogen) atoms. The van der Waals surface area contributed by atoms with Crippen LogP contribution < -0.4 is 5.32 Å². The Bertz CT molecular complexity index is 806. The monoisotopic (exact) mass is 307 g/mol. The summed E-state index contributed by atoms with van der Waals surface area (Å²) >= 11 is 0. The maximum absolute atomic E-state index is 12.3. The molecular weight excluding hydrogens is 286 g/mol. The van der Waals surface area contributed by atoms with Crippen LogP contribution in [-0.4, -0.2) is 22.0 Å². The molecule has 2 aromatic carbocycles. The second-order valence-corrected chi connectivity index (χ2v) is 6.07. The van der Waals surface area contributed by atoms with Crippen LogP contribution in [0.25, 0.3) is 22.4 Å². The summed E-state index contributed by atoms with van der Waals surface area (Å²) in [5, 5.41) is 2.98. The summed E-state index contributed by atoms with van der Waals surface area (Å²) in [4.78, 5) is 17.0. The lowest BCUT2D eigenvalue weighted by atomic mass is 10.2. The molecule has 3 aromatic rings. The number of nitrogens with one attached hydrogen (secondary N) is 1. The van der Waals surface area contributed by atoms with Gasteiger partial charge in [-0.25, -0.2) is 4.98 Å². The number of aromatic nitrogens is 2. The fourth-order valence-electron chi connectivity index (χ4n) is 2.56. The number of imidazole rings is 1. The van der Waals surface area contributed by atoms with Crippen molar-refractivity contribution in [2.24, 2.45) is 5.92 Å². The smallest absolute Gasteiger partial charge is 0.240 e. The summed E-state index contributed by atoms with van der Waals surface area (Å²) in [6.45, 7) is 5.13. The number of fused-ring (bicyclic) bond motifs is 1. The van der Waals surface area contributed by atoms with Crippen LogP contribution in [0, 0.1) is 5.92 Å². The number of hydrogen-bond acceptors (Lipinski definition) is 2. The fraction of sp³-hybridized carbons (Fsp3) is 0.263. The van der Waals surface area contributed by atoms with E-state index in [0.717, 1.165) is 22.4 Å². The first-order valence-electron chi connectivity index (χ1n) is 7.92. The minimum absolute atomic E-state index is 0.0130. The van der Waals surface area contributed by atoms with Crippen LogP contribution in [-0.2, 0) is 11.3 Å². The maximum Gasteiger partial charge on any atom is 0.240 e. The third-order valence-electron chi connectivity index (χ3n) is 3.70. The molecule has 1 amide bonds. The first-order valence-corrected chi connectivity index (χ1v) is 7.92. The fourth-order valence-corrected chi connectivity index (χ4v) is 2.56. The summed E-state index contributed by atoms with van der Waals surface area (Å²) in [5.74, 6) is 1.28. The van der Waals surface area contributed by atoms with Crippen molar-refractivity contribution in [1.29, 1.82) is 0 Å². The van der Waals surface area contributed by atoms with Gasteiger partial charge < -0.3 is 9.88 Å². The minimum Gasteiger partial charge on any atom is -0.354 e. The van der Waals surface area contributed by atoms with E-state index in [2.05, 4.69) is 19.2 Å². The lowest BCUT2D eigenvalue weighted by Gasteiger charge is -2.11. The van der Waals surface area contributed by atoms with Crippen LogP contribution in [0.4, 0.5) is 0 Å². The molecule has 0 bridgehead atoms. The number of amides is 1. The summed E-state index contributed by atoms with van der Waals surface area (Å²) < 4.78 is 1.99. The molecule has 0 aliphatic carbocycles. The quantitative estimate of drug-likeness (QED) is 0.784. The maximum atomic E-state index is 12.3. The van der Waals surface area contributed by atoms with Crippen molar-refractivity contribution in [2.45, 2.75) is 20.4 Å². The molecule has 0 spiro atoms. The van der Waals surface area contributed by atoms with Crippen LogP contribution in [0.3, 0.4) is 0 Å². The Kier molecular flexibility index (Phi) is 4.42. The zero-order chi connectivity index (χ0) is 16.2. The van der Waals surface area contributed by atoms with E-state index in [1.54, 1.807) is 0 Å². The van der Waals surface area contributed by atoms with Gasteiger partial charge in [-0.05, 0) is 18.1 Å². The number of para-hydroxylation sites is 2. The molecule has 4 heteroatoms. The molecule has 1 heterocycles. The average molecular weight is 307 g/mol. The second-order valence-electron chi connectivity index (χ2n) is 6.07. The Hall–Kier alpha value is -2.62. The van der Waals surface area contributed by atoms with Crippen LogP contribution in [0.15, 0.2) is 54.6 Å². The predicted octanol–water partition coefficient (Wildman–Crippen LogP) is 3.48. The Morgan fingerprint density at radius 3 is 2.52 bits per heavy atom. The molecule has 3 rings (SSSR count). The molecule has 1 aromatic heterocycles. The van der Waals surface area contributed by atoms with Gasteiger partial charge in [-0.1, -0.05) is 56.3 Å². The van der Waals surface area contributed by atoms with Crippen molar-refractivity contribution >= 4 is 16.9 Å². The molecule has 1 N–H and O–H groups in total. The number of rotatable bonds is 5. The number of carbonyl (C=O) groups is 1. The summed E-state index contributed by atoms with van der Waals surface area (Å²) in [5.41, 5.74) is 2.90. The predicted molar refractivity (Wildman–Crippen MR) is 93.0 cm³/mol. The van der Waals surface area contributed by atoms with Gasteiger partial charge in [0.15, 0.2) is 0 Å². The summed E-state index contributed by atoms with van der Waals surface area (Å²) in [6, 6.07) is 17.9. The van der Waals surface area contributed by atoms with Crippen molar-refractivity contribution in [1.82, 2.24) is 14.9 Å². The molecule has 118 valence electrons. The third-order valence-corrected chi connectivity index (χ3v) is 3.70. The van der Waals surface area contributed by atoms with E-state index in [4.69, 9.17) is 4.98 Å². The van der Waals surface area contributed by atoms with Crippen LogP contribution >= 0.6 is 0 Å². The molecular formula is C19H21N3O. The first kappa shape index (κ1) is 15.3. The van der Waals surface area contributed by atoms with Gasteiger partial charge in [0.2, 0.25) is 5.91 Å². The van der Waals surface area contributed by atoms with Crippen molar-refractivity contribution < 1.29 is 4.79 Å². The molecule has 0 radical (unpaired) electrons. The second kappa shape index (κ2) is 6.65. The van der Waals surface area contributed by atoms with Crippen LogP contribution in [0.1, 0.15) is 13.8 Å². The van der Waals surface area contributed by atoms with Gasteiger partial charge in [0.25, 0.3) is 0 Å². The van der Waals surface area contributed by atoms with Gasteiger partial charge in [-0.3, -0.25) is 4.79 Å². The van der Waals surface area contributed by atoms with Crippen LogP contribution in [0.2, 0.25) is 0 Å². The number of hydrogen-bond donors (Lipinski definition) is 1. The molecule has 0 saturated heterocycles. The van der Waals surface area contributed by atoms with Gasteiger partial charge in [0.05, 0.1) is 11.0 Å². The highest BCUT2D eigenvalue weighted by molar-refractivity contribution is 5.84. The van der Waals surface area contributed by atoms with E-state index in [1.807, 2.05) is 59.2 Å². The van der Waals surface area contributed by atoms with Crippen molar-refractivity contribution in [3.8, 4) is 11.4 Å². The number of benzene rings is 2. The van der Waals surface area contributed by atoms with Crippen molar-refractivity contribution in [3.05, 3.63) is 54.6 Å². The van der Waals surface area contributed by atoms with Gasteiger partial charge in [-0.2, -0.15) is 0 Å². The largest absolute Gasteiger partial charge is 0.354 e. The highest BCUT2D eigenvalue weighted by Gasteiger charge is 2.14. The molecule has 4 nitrogen and oxygen atoms in total. The highest BCUT2D eigenvalue weighted by atomic mass is 16.1. The van der Waals surface area contributed by atoms with Gasteiger partial charge >= 0.3 is 0 Å². The van der Waals surface area contributed by atoms with E-state index in [9.17, 15) is 4.79 Å². The van der Waals surface area contributed by atoms with E-state index >= 15 is 0 Å². The molecule has 0 aliphatic heterocycles. The standard InChI is InChI=1S/C19H21N3O/c1-14(2)12-20-18(23)13-22-17-11-7-6-10-16(17)21-19(22)15-8-4-3-5-9-15/h3-11,14H,12-13H2,1-2H3,(H,20,23). The zero-order valence-electron chi connectivity index (χ0n) is 13.5. The topological polar surface area (TPSA) is 46.9 Å². The van der Waals surface area contributed by atoms with E-state index < -0.39 is 0 Å². The van der Waals surface area contributed by atoms with Crippen molar-refractivity contribution in [3.63, 3.8) is 0 Å². The summed E-state index contributed by atoms with van der Waals surface area (Å²) in [7, 11) is 0. The SMILES string of the molecule is CC(C)CNC(=O)Cn1c(-c2ccccc2)nc2ccccc21. The molecule has 0 unspecified atom stereocenters. The number of nitrogens with zero attached hydrogens (tertiary/aromatic N) is 2. The average Bonchev–Trinajstić information content (AvgIpc) is 2.92. The lowest BCUT2D eigenvalue weighted by molar-refractivity contribution is -0.121. The third kappa shape index (κ3) is 3.42. The van der Waals surface area contributed by atoms with Gasteiger partial charge in [0.1, 0.15) is 12.4 Å². The molecule has 0 saturated carbocycles. The Balaban J connectivity index is 1.98. The van der Waals surface area contributed by atoms with Crippen molar-refractivity contribution in [2.75, 3.05) is 6.54 Å². The van der Waals surface area contributed by atoms with Gasteiger partial charge in [0, 0.05) is 12.1 Å². The Morgan fingerprint density at radius 2 is 1.78 bits per heavy atom. The van der Waals surface area contributed by atoms with E-state index in [-0.39, 0.29) is 12.5 Å². The Morgan fingerprint density at radius 1 is 1.09 bits per heavy atom. The normalized spacial score (nSPS) is 11.1.